The summed E-state index contributed by atoms with van der Waals surface area (Å²) in [5.41, 5.74) is -1.66. The molecule has 3 aromatic carbocycles. The van der Waals surface area contributed by atoms with Crippen molar-refractivity contribution in [3.63, 3.8) is 0 Å². The summed E-state index contributed by atoms with van der Waals surface area (Å²) >= 11 is 0. The van der Waals surface area contributed by atoms with Gasteiger partial charge in [0.2, 0.25) is 0 Å². The van der Waals surface area contributed by atoms with Gasteiger partial charge in [0.1, 0.15) is 23.0 Å². The van der Waals surface area contributed by atoms with E-state index >= 15 is 0 Å². The highest BCUT2D eigenvalue weighted by atomic mass is 16.5. The number of rotatable bonds is 8. The van der Waals surface area contributed by atoms with Gasteiger partial charge in [-0.15, -0.1) is 0 Å². The van der Waals surface area contributed by atoms with Crippen LogP contribution in [0.15, 0.2) is 60.7 Å². The van der Waals surface area contributed by atoms with Crippen LogP contribution in [0.5, 0.6) is 23.0 Å². The average molecular weight is 438 g/mol. The smallest absolute Gasteiger partial charge is 0.336 e. The first kappa shape index (κ1) is 21.8. The van der Waals surface area contributed by atoms with Gasteiger partial charge in [-0.2, -0.15) is 0 Å². The molecule has 10 heteroatoms. The fraction of sp³-hybridized carbons (Fsp3) is 0. The number of carboxylic acid groups (broad SMARTS) is 4. The van der Waals surface area contributed by atoms with E-state index < -0.39 is 35.0 Å². The first-order chi connectivity index (χ1) is 15.2. The number of benzene rings is 3. The highest BCUT2D eigenvalue weighted by Gasteiger charge is 2.18. The summed E-state index contributed by atoms with van der Waals surface area (Å²) in [7, 11) is 0. The van der Waals surface area contributed by atoms with Gasteiger partial charge in [0.15, 0.2) is 0 Å². The molecular formula is C22H14O10. The number of ether oxygens (including phenoxy) is 2. The van der Waals surface area contributed by atoms with Gasteiger partial charge in [0.25, 0.3) is 0 Å². The van der Waals surface area contributed by atoms with Crippen LogP contribution < -0.4 is 9.47 Å². The molecule has 0 saturated heterocycles. The van der Waals surface area contributed by atoms with Crippen LogP contribution in [-0.2, 0) is 0 Å². The Kier molecular flexibility index (Phi) is 6.06. The topological polar surface area (TPSA) is 168 Å². The molecule has 3 rings (SSSR count). The molecule has 0 aliphatic rings. The van der Waals surface area contributed by atoms with Gasteiger partial charge < -0.3 is 29.9 Å². The molecule has 0 radical (unpaired) electrons. The molecule has 10 nitrogen and oxygen atoms in total. The van der Waals surface area contributed by atoms with Crippen LogP contribution in [0.1, 0.15) is 41.4 Å². The molecule has 0 amide bonds. The third-order valence-corrected chi connectivity index (χ3v) is 4.18. The Bertz CT molecular complexity index is 1150. The largest absolute Gasteiger partial charge is 0.478 e. The van der Waals surface area contributed by atoms with E-state index in [0.717, 1.165) is 24.3 Å². The molecule has 4 N–H and O–H groups in total. The van der Waals surface area contributed by atoms with Crippen molar-refractivity contribution in [3.05, 3.63) is 82.9 Å². The van der Waals surface area contributed by atoms with Gasteiger partial charge in [-0.3, -0.25) is 0 Å². The van der Waals surface area contributed by atoms with Crippen molar-refractivity contribution in [3.8, 4) is 23.0 Å². The highest BCUT2D eigenvalue weighted by Crippen LogP contribution is 2.30. The number of carboxylic acids is 4. The summed E-state index contributed by atoms with van der Waals surface area (Å²) in [6.45, 7) is 0. The van der Waals surface area contributed by atoms with Gasteiger partial charge >= 0.3 is 23.9 Å². The third-order valence-electron chi connectivity index (χ3n) is 4.18. The summed E-state index contributed by atoms with van der Waals surface area (Å²) in [5, 5.41) is 36.6. The molecule has 0 unspecified atom stereocenters. The van der Waals surface area contributed by atoms with E-state index in [2.05, 4.69) is 0 Å². The van der Waals surface area contributed by atoms with Crippen molar-refractivity contribution in [2.75, 3.05) is 0 Å². The molecule has 3 aromatic rings. The fourth-order valence-corrected chi connectivity index (χ4v) is 2.77. The van der Waals surface area contributed by atoms with E-state index in [1.807, 2.05) is 0 Å². The normalized spacial score (nSPS) is 10.2. The Hall–Kier alpha value is -4.86. The molecule has 0 saturated carbocycles. The molecule has 0 aliphatic carbocycles. The molecule has 162 valence electrons. The predicted octanol–water partition coefficient (Wildman–Crippen LogP) is 4.06. The zero-order valence-corrected chi connectivity index (χ0v) is 16.0. The number of aromatic carboxylic acids is 4. The molecular weight excluding hydrogens is 424 g/mol. The van der Waals surface area contributed by atoms with Gasteiger partial charge in [-0.25, -0.2) is 19.2 Å². The van der Waals surface area contributed by atoms with Crippen LogP contribution >= 0.6 is 0 Å². The van der Waals surface area contributed by atoms with Gasteiger partial charge in [-0.05, 0) is 48.5 Å². The van der Waals surface area contributed by atoms with Gasteiger partial charge in [0.05, 0.1) is 22.3 Å². The van der Waals surface area contributed by atoms with Crippen LogP contribution in [0.2, 0.25) is 0 Å². The Morgan fingerprint density at radius 1 is 0.469 bits per heavy atom. The minimum atomic E-state index is -1.43. The molecule has 0 bridgehead atoms. The second-order valence-electron chi connectivity index (χ2n) is 6.31. The molecule has 0 aliphatic heterocycles. The quantitative estimate of drug-likeness (QED) is 0.402. The second-order valence-corrected chi connectivity index (χ2v) is 6.31. The summed E-state index contributed by atoms with van der Waals surface area (Å²) in [5.74, 6) is -5.04. The molecule has 0 atom stereocenters. The monoisotopic (exact) mass is 438 g/mol. The minimum Gasteiger partial charge on any atom is -0.478 e. The minimum absolute atomic E-state index is 0.0727. The Labute approximate surface area is 179 Å². The Morgan fingerprint density at radius 2 is 0.812 bits per heavy atom. The van der Waals surface area contributed by atoms with E-state index in [9.17, 15) is 29.4 Å². The van der Waals surface area contributed by atoms with E-state index in [4.69, 9.17) is 19.7 Å². The first-order valence-corrected chi connectivity index (χ1v) is 8.82. The zero-order chi connectivity index (χ0) is 23.4. The maximum atomic E-state index is 11.3. The molecule has 0 spiro atoms. The number of hydrogen-bond acceptors (Lipinski definition) is 6. The maximum Gasteiger partial charge on any atom is 0.336 e. The van der Waals surface area contributed by atoms with Crippen molar-refractivity contribution < 1.29 is 49.1 Å². The first-order valence-electron chi connectivity index (χ1n) is 8.82. The fourth-order valence-electron chi connectivity index (χ4n) is 2.77. The van der Waals surface area contributed by atoms with Crippen molar-refractivity contribution in [1.29, 1.82) is 0 Å². The summed E-state index contributed by atoms with van der Waals surface area (Å²) in [6.07, 6.45) is 0. The zero-order valence-electron chi connectivity index (χ0n) is 16.0. The van der Waals surface area contributed by atoms with E-state index in [-0.39, 0.29) is 34.1 Å². The summed E-state index contributed by atoms with van der Waals surface area (Å²) in [4.78, 5) is 44.9. The molecule has 32 heavy (non-hydrogen) atoms. The highest BCUT2D eigenvalue weighted by molar-refractivity contribution is 6.02. The molecule has 0 aromatic heterocycles. The Morgan fingerprint density at radius 3 is 1.16 bits per heavy atom. The van der Waals surface area contributed by atoms with Crippen molar-refractivity contribution in [2.45, 2.75) is 0 Å². The second kappa shape index (κ2) is 8.88. The number of hydrogen-bond donors (Lipinski definition) is 4. The van der Waals surface area contributed by atoms with Crippen LogP contribution in [0, 0.1) is 0 Å². The lowest BCUT2D eigenvalue weighted by molar-refractivity contribution is 0.0651. The van der Waals surface area contributed by atoms with Crippen LogP contribution in [0.3, 0.4) is 0 Å². The van der Waals surface area contributed by atoms with Crippen molar-refractivity contribution in [1.82, 2.24) is 0 Å². The van der Waals surface area contributed by atoms with Gasteiger partial charge in [0, 0.05) is 6.07 Å². The summed E-state index contributed by atoms with van der Waals surface area (Å²) in [6, 6.07) is 13.0. The predicted molar refractivity (Wildman–Crippen MR) is 107 cm³/mol. The van der Waals surface area contributed by atoms with Crippen molar-refractivity contribution >= 4 is 23.9 Å². The standard InChI is InChI=1S/C22H14O10/c23-19(24)15-6-4-13(9-17(15)21(27)28)31-11-2-1-3-12(8-11)32-14-5-7-16(20(25)26)18(10-14)22(29)30/h1-10H,(H,23,24)(H,25,26)(H,27,28)(H,29,30). The Balaban J connectivity index is 1.85. The van der Waals surface area contributed by atoms with E-state index in [1.165, 1.54) is 30.3 Å². The van der Waals surface area contributed by atoms with Gasteiger partial charge in [-0.1, -0.05) is 6.07 Å². The SMILES string of the molecule is O=C(O)c1ccc(Oc2cccc(Oc3ccc(C(=O)O)c(C(=O)O)c3)c2)cc1C(=O)O. The maximum absolute atomic E-state index is 11.3. The number of carbonyl (C=O) groups is 4. The van der Waals surface area contributed by atoms with Crippen LogP contribution in [0.4, 0.5) is 0 Å². The lowest BCUT2D eigenvalue weighted by Crippen LogP contribution is -2.08. The lowest BCUT2D eigenvalue weighted by atomic mass is 10.1. The van der Waals surface area contributed by atoms with E-state index in [1.54, 1.807) is 6.07 Å². The van der Waals surface area contributed by atoms with Crippen LogP contribution in [-0.4, -0.2) is 44.3 Å². The van der Waals surface area contributed by atoms with Crippen LogP contribution in [0.25, 0.3) is 0 Å². The van der Waals surface area contributed by atoms with Crippen molar-refractivity contribution in [2.24, 2.45) is 0 Å². The molecule has 0 heterocycles. The molecule has 0 fully saturated rings. The lowest BCUT2D eigenvalue weighted by Gasteiger charge is -2.11. The average Bonchev–Trinajstić information content (AvgIpc) is 2.73. The summed E-state index contributed by atoms with van der Waals surface area (Å²) < 4.78 is 11.2. The third kappa shape index (κ3) is 4.82. The van der Waals surface area contributed by atoms with E-state index in [0.29, 0.717) is 0 Å².